The molecule has 202 valence electrons. The van der Waals surface area contributed by atoms with Crippen LogP contribution in [0.2, 0.25) is 0 Å². The number of hydrogen-bond acceptors (Lipinski definition) is 5. The molecule has 0 bridgehead atoms. The summed E-state index contributed by atoms with van der Waals surface area (Å²) in [6.07, 6.45) is 0. The molecule has 0 aliphatic rings. The van der Waals surface area contributed by atoms with Crippen LogP contribution >= 0.6 is 0 Å². The molecule has 38 heavy (non-hydrogen) atoms. The van der Waals surface area contributed by atoms with Crippen LogP contribution in [0.4, 0.5) is 0 Å². The van der Waals surface area contributed by atoms with Crippen LogP contribution < -0.4 is 0 Å². The Morgan fingerprint density at radius 3 is 1.47 bits per heavy atom. The third kappa shape index (κ3) is 4.98. The Balaban J connectivity index is 2.48. The van der Waals surface area contributed by atoms with Gasteiger partial charge in [0.15, 0.2) is 0 Å². The summed E-state index contributed by atoms with van der Waals surface area (Å²) in [5.41, 5.74) is -0.105. The van der Waals surface area contributed by atoms with Crippen LogP contribution in [0.3, 0.4) is 0 Å². The molecule has 0 unspecified atom stereocenters. The molecular formula is C30H34O6S2. The van der Waals surface area contributed by atoms with Gasteiger partial charge >= 0.3 is 0 Å². The van der Waals surface area contributed by atoms with Crippen LogP contribution in [0.25, 0.3) is 32.7 Å². The smallest absolute Gasteiger partial charge is 0.282 e. The van der Waals surface area contributed by atoms with Crippen molar-refractivity contribution in [2.75, 3.05) is 6.61 Å². The predicted octanol–water partition coefficient (Wildman–Crippen LogP) is 7.23. The van der Waals surface area contributed by atoms with Crippen molar-refractivity contribution in [3.63, 3.8) is 0 Å². The maximum atomic E-state index is 13.9. The van der Waals surface area contributed by atoms with Crippen molar-refractivity contribution < 1.29 is 25.6 Å². The molecule has 0 fully saturated rings. The quantitative estimate of drug-likeness (QED) is 0.206. The minimum absolute atomic E-state index is 0.0911. The van der Waals surface area contributed by atoms with E-state index in [0.29, 0.717) is 21.9 Å². The van der Waals surface area contributed by atoms with Gasteiger partial charge in [-0.05, 0) is 62.6 Å². The zero-order valence-electron chi connectivity index (χ0n) is 22.8. The van der Waals surface area contributed by atoms with Gasteiger partial charge in [-0.2, -0.15) is 16.8 Å². The first-order valence-corrected chi connectivity index (χ1v) is 15.3. The molecule has 6 nitrogen and oxygen atoms in total. The maximum absolute atomic E-state index is 13.9. The Labute approximate surface area is 225 Å². The van der Waals surface area contributed by atoms with Crippen molar-refractivity contribution in [2.24, 2.45) is 0 Å². The standard InChI is InChI=1S/C30H34O6S2/c1-8-36-38(34,35)28-24(30(5,6)7)18-20-14-10-12-16-22(20)26(28)25-21-15-11-9-13-19(21)17-23(29(2,3)4)27(25)37(31,32)33/h9-18H,8H2,1-7H3,(H,31,32,33). The highest BCUT2D eigenvalue weighted by Crippen LogP contribution is 2.48. The summed E-state index contributed by atoms with van der Waals surface area (Å²) in [6, 6.07) is 18.1. The number of rotatable bonds is 5. The van der Waals surface area contributed by atoms with Crippen molar-refractivity contribution in [2.45, 2.75) is 69.1 Å². The SMILES string of the molecule is CCOS(=O)(=O)c1c(C(C)(C)C)cc2ccccc2c1-c1c(S(=O)(=O)O)c(C(C)(C)C)cc2ccccc12. The molecule has 0 saturated heterocycles. The van der Waals surface area contributed by atoms with Gasteiger partial charge in [0.1, 0.15) is 9.79 Å². The minimum atomic E-state index is -4.81. The summed E-state index contributed by atoms with van der Waals surface area (Å²) in [5.74, 6) is 0. The molecule has 4 aromatic rings. The van der Waals surface area contributed by atoms with Crippen molar-refractivity contribution >= 4 is 41.8 Å². The summed E-state index contributed by atoms with van der Waals surface area (Å²) in [6.45, 7) is 12.8. The Morgan fingerprint density at radius 2 is 1.08 bits per heavy atom. The van der Waals surface area contributed by atoms with Gasteiger partial charge in [-0.25, -0.2) is 0 Å². The van der Waals surface area contributed by atoms with Crippen molar-refractivity contribution in [3.05, 3.63) is 71.8 Å². The summed E-state index contributed by atoms with van der Waals surface area (Å²) in [5, 5.41) is 2.52. The highest BCUT2D eigenvalue weighted by atomic mass is 32.2. The Morgan fingerprint density at radius 1 is 0.684 bits per heavy atom. The fourth-order valence-electron chi connectivity index (χ4n) is 5.01. The summed E-state index contributed by atoms with van der Waals surface area (Å²) in [7, 11) is -9.16. The van der Waals surface area contributed by atoms with Gasteiger partial charge in [-0.1, -0.05) is 90.1 Å². The van der Waals surface area contributed by atoms with E-state index in [-0.39, 0.29) is 27.5 Å². The van der Waals surface area contributed by atoms with E-state index in [2.05, 4.69) is 0 Å². The highest BCUT2D eigenvalue weighted by molar-refractivity contribution is 7.87. The van der Waals surface area contributed by atoms with Gasteiger partial charge in [0.2, 0.25) is 0 Å². The molecule has 0 aliphatic carbocycles. The van der Waals surface area contributed by atoms with E-state index in [1.807, 2.05) is 71.9 Å². The van der Waals surface area contributed by atoms with E-state index in [1.165, 1.54) is 0 Å². The third-order valence-electron chi connectivity index (χ3n) is 6.65. The fourth-order valence-corrected chi connectivity index (χ4v) is 7.65. The lowest BCUT2D eigenvalue weighted by Crippen LogP contribution is -2.21. The van der Waals surface area contributed by atoms with Gasteiger partial charge in [-0.15, -0.1) is 0 Å². The number of benzene rings is 4. The second-order valence-electron chi connectivity index (χ2n) is 11.5. The number of fused-ring (bicyclic) bond motifs is 2. The van der Waals surface area contributed by atoms with Gasteiger partial charge in [0, 0.05) is 11.1 Å². The van der Waals surface area contributed by atoms with Crippen LogP contribution in [-0.2, 0) is 35.2 Å². The van der Waals surface area contributed by atoms with Crippen LogP contribution in [0, 0.1) is 0 Å². The Kier molecular flexibility index (Phi) is 7.02. The summed E-state index contributed by atoms with van der Waals surface area (Å²) >= 11 is 0. The van der Waals surface area contributed by atoms with E-state index in [1.54, 1.807) is 37.3 Å². The first kappa shape index (κ1) is 28.2. The molecule has 0 heterocycles. The topological polar surface area (TPSA) is 97.7 Å². The molecule has 4 rings (SSSR count). The van der Waals surface area contributed by atoms with Crippen molar-refractivity contribution in [1.29, 1.82) is 0 Å². The Bertz CT molecular complexity index is 1770. The summed E-state index contributed by atoms with van der Waals surface area (Å²) < 4.78 is 70.3. The molecular weight excluding hydrogens is 520 g/mol. The molecule has 0 amide bonds. The van der Waals surface area contributed by atoms with E-state index in [4.69, 9.17) is 4.18 Å². The van der Waals surface area contributed by atoms with Crippen LogP contribution in [0.1, 0.15) is 59.6 Å². The zero-order valence-corrected chi connectivity index (χ0v) is 24.4. The fraction of sp³-hybridized carbons (Fsp3) is 0.333. The van der Waals surface area contributed by atoms with Gasteiger partial charge in [0.05, 0.1) is 6.61 Å². The monoisotopic (exact) mass is 554 g/mol. The van der Waals surface area contributed by atoms with Crippen LogP contribution in [-0.4, -0.2) is 28.0 Å². The molecule has 4 aromatic carbocycles. The molecule has 0 aromatic heterocycles. The summed E-state index contributed by atoms with van der Waals surface area (Å²) in [4.78, 5) is -0.389. The average Bonchev–Trinajstić information content (AvgIpc) is 2.80. The van der Waals surface area contributed by atoms with E-state index >= 15 is 0 Å². The molecule has 8 heteroatoms. The molecule has 1 N–H and O–H groups in total. The van der Waals surface area contributed by atoms with Crippen molar-refractivity contribution in [1.82, 2.24) is 0 Å². The molecule has 0 aliphatic heterocycles. The normalized spacial score (nSPS) is 13.4. The lowest BCUT2D eigenvalue weighted by molar-refractivity contribution is 0.337. The minimum Gasteiger partial charge on any atom is -0.282 e. The molecule has 0 saturated carbocycles. The van der Waals surface area contributed by atoms with E-state index in [0.717, 1.165) is 10.8 Å². The van der Waals surface area contributed by atoms with Gasteiger partial charge < -0.3 is 0 Å². The van der Waals surface area contributed by atoms with E-state index < -0.39 is 31.1 Å². The second-order valence-corrected chi connectivity index (χ2v) is 14.4. The zero-order chi connectivity index (χ0) is 28.3. The van der Waals surface area contributed by atoms with Crippen LogP contribution in [0.5, 0.6) is 0 Å². The maximum Gasteiger partial charge on any atom is 0.297 e. The predicted molar refractivity (Wildman–Crippen MR) is 153 cm³/mol. The first-order valence-electron chi connectivity index (χ1n) is 12.5. The van der Waals surface area contributed by atoms with Crippen molar-refractivity contribution in [3.8, 4) is 11.1 Å². The van der Waals surface area contributed by atoms with Gasteiger partial charge in [-0.3, -0.25) is 8.74 Å². The molecule has 0 radical (unpaired) electrons. The average molecular weight is 555 g/mol. The lowest BCUT2D eigenvalue weighted by Gasteiger charge is -2.29. The lowest BCUT2D eigenvalue weighted by atomic mass is 9.80. The first-order chi connectivity index (χ1) is 17.5. The Hall–Kier alpha value is -2.78. The van der Waals surface area contributed by atoms with E-state index in [9.17, 15) is 21.4 Å². The molecule has 0 spiro atoms. The van der Waals surface area contributed by atoms with Gasteiger partial charge in [0.25, 0.3) is 20.2 Å². The second kappa shape index (κ2) is 9.45. The van der Waals surface area contributed by atoms with Crippen LogP contribution in [0.15, 0.2) is 70.5 Å². The highest BCUT2D eigenvalue weighted by Gasteiger charge is 2.36. The number of hydrogen-bond donors (Lipinski definition) is 1. The third-order valence-corrected chi connectivity index (χ3v) is 9.06. The largest absolute Gasteiger partial charge is 0.297 e. The molecule has 0 atom stereocenters.